The van der Waals surface area contributed by atoms with E-state index in [4.69, 9.17) is 0 Å². The molecule has 0 aliphatic carbocycles. The van der Waals surface area contributed by atoms with Crippen LogP contribution < -0.4 is 0 Å². The normalized spacial score (nSPS) is 10.8. The second-order valence-electron chi connectivity index (χ2n) is 3.82. The highest BCUT2D eigenvalue weighted by atomic mass is 79.9. The van der Waals surface area contributed by atoms with Gasteiger partial charge in [0.2, 0.25) is 0 Å². The Labute approximate surface area is 102 Å². The van der Waals surface area contributed by atoms with Crippen molar-refractivity contribution in [2.24, 2.45) is 0 Å². The molecule has 0 aromatic carbocycles. The Morgan fingerprint density at radius 3 is 2.75 bits per heavy atom. The van der Waals surface area contributed by atoms with Crippen LogP contribution in [0.1, 0.15) is 16.2 Å². The van der Waals surface area contributed by atoms with Gasteiger partial charge < -0.3 is 4.90 Å². The molecule has 0 aliphatic heterocycles. The largest absolute Gasteiger partial charge is 0.343 e. The lowest BCUT2D eigenvalue weighted by atomic mass is 10.3. The van der Waals surface area contributed by atoms with E-state index in [1.165, 1.54) is 0 Å². The summed E-state index contributed by atoms with van der Waals surface area (Å²) in [6.07, 6.45) is 1.85. The maximum Gasteiger partial charge on any atom is 0.272 e. The summed E-state index contributed by atoms with van der Waals surface area (Å²) >= 11 is 3.39. The van der Waals surface area contributed by atoms with Crippen molar-refractivity contribution in [3.05, 3.63) is 34.2 Å². The number of pyridine rings is 1. The first-order valence-corrected chi connectivity index (χ1v) is 5.66. The second kappa shape index (κ2) is 3.90. The molecule has 0 aliphatic rings. The summed E-state index contributed by atoms with van der Waals surface area (Å²) in [5.41, 5.74) is 2.14. The smallest absolute Gasteiger partial charge is 0.272 e. The van der Waals surface area contributed by atoms with Crippen molar-refractivity contribution in [1.29, 1.82) is 0 Å². The molecule has 2 aromatic rings. The van der Waals surface area contributed by atoms with Crippen LogP contribution >= 0.6 is 15.9 Å². The number of amides is 1. The Bertz CT molecular complexity index is 560. The Kier molecular flexibility index (Phi) is 2.71. The summed E-state index contributed by atoms with van der Waals surface area (Å²) in [7, 11) is 3.47. The van der Waals surface area contributed by atoms with Crippen LogP contribution in [0.15, 0.2) is 22.8 Å². The summed E-state index contributed by atoms with van der Waals surface area (Å²) in [4.78, 5) is 17.9. The highest BCUT2D eigenvalue weighted by Gasteiger charge is 2.17. The summed E-state index contributed by atoms with van der Waals surface area (Å²) in [5.74, 6) is -0.0388. The van der Waals surface area contributed by atoms with E-state index in [1.807, 2.05) is 29.7 Å². The summed E-state index contributed by atoms with van der Waals surface area (Å²) < 4.78 is 2.73. The Hall–Kier alpha value is -1.36. The predicted octanol–water partition coefficient (Wildman–Crippen LogP) is 2.11. The van der Waals surface area contributed by atoms with E-state index in [9.17, 15) is 4.79 Å². The van der Waals surface area contributed by atoms with Crippen LogP contribution in [0.2, 0.25) is 0 Å². The van der Waals surface area contributed by atoms with E-state index < -0.39 is 0 Å². The SMILES string of the molecule is Cc1nc2ccc(Br)cn2c1C(=O)N(C)C. The molecule has 2 aromatic heterocycles. The first-order valence-electron chi connectivity index (χ1n) is 4.86. The van der Waals surface area contributed by atoms with Gasteiger partial charge in [0.15, 0.2) is 0 Å². The number of rotatable bonds is 1. The molecule has 2 rings (SSSR count). The number of carbonyl (C=O) groups is 1. The van der Waals surface area contributed by atoms with Crippen LogP contribution in [0.3, 0.4) is 0 Å². The molecule has 0 saturated heterocycles. The topological polar surface area (TPSA) is 37.6 Å². The van der Waals surface area contributed by atoms with Crippen molar-refractivity contribution in [2.45, 2.75) is 6.92 Å². The first-order chi connectivity index (χ1) is 7.50. The molecule has 0 bridgehead atoms. The van der Waals surface area contributed by atoms with E-state index in [2.05, 4.69) is 20.9 Å². The molecule has 0 unspecified atom stereocenters. The van der Waals surface area contributed by atoms with Crippen molar-refractivity contribution in [1.82, 2.24) is 14.3 Å². The molecule has 0 atom stereocenters. The van der Waals surface area contributed by atoms with E-state index in [0.29, 0.717) is 5.69 Å². The van der Waals surface area contributed by atoms with Crippen LogP contribution in [-0.2, 0) is 0 Å². The Balaban J connectivity index is 2.72. The molecule has 0 saturated carbocycles. The zero-order valence-electron chi connectivity index (χ0n) is 9.36. The molecule has 84 valence electrons. The molecule has 0 radical (unpaired) electrons. The third kappa shape index (κ3) is 1.71. The lowest BCUT2D eigenvalue weighted by Gasteiger charge is -2.10. The van der Waals surface area contributed by atoms with Gasteiger partial charge >= 0.3 is 0 Å². The van der Waals surface area contributed by atoms with E-state index in [-0.39, 0.29) is 5.91 Å². The van der Waals surface area contributed by atoms with Crippen LogP contribution in [0.25, 0.3) is 5.65 Å². The number of hydrogen-bond donors (Lipinski definition) is 0. The average molecular weight is 282 g/mol. The molecule has 5 heteroatoms. The van der Waals surface area contributed by atoms with Gasteiger partial charge in [-0.3, -0.25) is 9.20 Å². The minimum atomic E-state index is -0.0388. The highest BCUT2D eigenvalue weighted by molar-refractivity contribution is 9.10. The van der Waals surface area contributed by atoms with Gasteiger partial charge in [-0.15, -0.1) is 0 Å². The van der Waals surface area contributed by atoms with Gasteiger partial charge in [0.05, 0.1) is 5.69 Å². The quantitative estimate of drug-likeness (QED) is 0.803. The lowest BCUT2D eigenvalue weighted by Crippen LogP contribution is -2.23. The van der Waals surface area contributed by atoms with E-state index >= 15 is 0 Å². The summed E-state index contributed by atoms with van der Waals surface area (Å²) in [5, 5.41) is 0. The molecular formula is C11H12BrN3O. The van der Waals surface area contributed by atoms with E-state index in [0.717, 1.165) is 15.8 Å². The predicted molar refractivity (Wildman–Crippen MR) is 65.6 cm³/mol. The van der Waals surface area contributed by atoms with Gasteiger partial charge in [-0.05, 0) is 35.0 Å². The number of carbonyl (C=O) groups excluding carboxylic acids is 1. The molecule has 0 N–H and O–H groups in total. The fourth-order valence-electron chi connectivity index (χ4n) is 1.61. The van der Waals surface area contributed by atoms with Gasteiger partial charge in [-0.25, -0.2) is 4.98 Å². The molecule has 1 amide bonds. The van der Waals surface area contributed by atoms with Crippen LogP contribution in [0.5, 0.6) is 0 Å². The van der Waals surface area contributed by atoms with Gasteiger partial charge in [-0.2, -0.15) is 0 Å². The fraction of sp³-hybridized carbons (Fsp3) is 0.273. The number of fused-ring (bicyclic) bond motifs is 1. The highest BCUT2D eigenvalue weighted by Crippen LogP contribution is 2.17. The van der Waals surface area contributed by atoms with Crippen molar-refractivity contribution < 1.29 is 4.79 Å². The summed E-state index contributed by atoms with van der Waals surface area (Å²) in [6.45, 7) is 1.84. The molecular weight excluding hydrogens is 270 g/mol. The standard InChI is InChI=1S/C11H12BrN3O/c1-7-10(11(16)14(2)3)15-6-8(12)4-5-9(15)13-7/h4-6H,1-3H3. The number of aromatic nitrogens is 2. The zero-order valence-corrected chi connectivity index (χ0v) is 10.9. The third-order valence-electron chi connectivity index (χ3n) is 2.37. The van der Waals surface area contributed by atoms with Crippen molar-refractivity contribution >= 4 is 27.5 Å². The molecule has 16 heavy (non-hydrogen) atoms. The van der Waals surface area contributed by atoms with Gasteiger partial charge in [-0.1, -0.05) is 0 Å². The Morgan fingerprint density at radius 1 is 1.44 bits per heavy atom. The number of nitrogens with zero attached hydrogens (tertiary/aromatic N) is 3. The third-order valence-corrected chi connectivity index (χ3v) is 2.83. The average Bonchev–Trinajstić information content (AvgIpc) is 2.52. The number of halogens is 1. The monoisotopic (exact) mass is 281 g/mol. The number of aryl methyl sites for hydroxylation is 1. The van der Waals surface area contributed by atoms with Gasteiger partial charge in [0.1, 0.15) is 11.3 Å². The second-order valence-corrected chi connectivity index (χ2v) is 4.74. The molecule has 4 nitrogen and oxygen atoms in total. The van der Waals surface area contributed by atoms with Crippen LogP contribution in [0.4, 0.5) is 0 Å². The van der Waals surface area contributed by atoms with Gasteiger partial charge in [0.25, 0.3) is 5.91 Å². The van der Waals surface area contributed by atoms with Crippen LogP contribution in [-0.4, -0.2) is 34.3 Å². The fourth-order valence-corrected chi connectivity index (χ4v) is 1.94. The van der Waals surface area contributed by atoms with Gasteiger partial charge in [0, 0.05) is 24.8 Å². The van der Waals surface area contributed by atoms with Crippen molar-refractivity contribution in [3.8, 4) is 0 Å². The van der Waals surface area contributed by atoms with Crippen molar-refractivity contribution in [3.63, 3.8) is 0 Å². The Morgan fingerprint density at radius 2 is 2.12 bits per heavy atom. The zero-order chi connectivity index (χ0) is 11.9. The van der Waals surface area contributed by atoms with Crippen molar-refractivity contribution in [2.75, 3.05) is 14.1 Å². The number of hydrogen-bond acceptors (Lipinski definition) is 2. The lowest BCUT2D eigenvalue weighted by molar-refractivity contribution is 0.0820. The summed E-state index contributed by atoms with van der Waals surface area (Å²) in [6, 6.07) is 3.79. The molecule has 0 spiro atoms. The molecule has 2 heterocycles. The van der Waals surface area contributed by atoms with Crippen LogP contribution in [0, 0.1) is 6.92 Å². The number of imidazole rings is 1. The minimum absolute atomic E-state index is 0.0388. The first kappa shape index (κ1) is 11.1. The minimum Gasteiger partial charge on any atom is -0.343 e. The maximum absolute atomic E-state index is 12.0. The maximum atomic E-state index is 12.0. The molecule has 0 fully saturated rings. The van der Waals surface area contributed by atoms with E-state index in [1.54, 1.807) is 19.0 Å².